The molecule has 1 aliphatic heterocycles. The number of nitrogens with zero attached hydrogens (tertiary/aromatic N) is 3. The van der Waals surface area contributed by atoms with E-state index in [0.717, 1.165) is 21.3 Å². The standard InChI is InChI=1S/C23H32N4O4S/c1-17(2)31-23(28)27-15-9-14-21(25-32(29,30)26(3)4)22(27)16-19-12-8-13-20(24-19)18-10-6-5-7-11-18/h5-8,10-13,17,21-22,25H,9,14-16H2,1-4H3/t21-,22-/m0/s1. The predicted molar refractivity (Wildman–Crippen MR) is 124 cm³/mol. The zero-order chi connectivity index (χ0) is 23.3. The molecule has 1 amide bonds. The first-order chi connectivity index (χ1) is 15.2. The summed E-state index contributed by atoms with van der Waals surface area (Å²) in [4.78, 5) is 19.3. The molecule has 1 fully saturated rings. The van der Waals surface area contributed by atoms with Crippen LogP contribution in [0, 0.1) is 0 Å². The number of nitrogens with one attached hydrogen (secondary N) is 1. The van der Waals surface area contributed by atoms with E-state index >= 15 is 0 Å². The van der Waals surface area contributed by atoms with Gasteiger partial charge in [0.05, 0.1) is 17.8 Å². The summed E-state index contributed by atoms with van der Waals surface area (Å²) in [7, 11) is -0.698. The van der Waals surface area contributed by atoms with Gasteiger partial charge in [-0.1, -0.05) is 36.4 Å². The van der Waals surface area contributed by atoms with Crippen LogP contribution in [0.25, 0.3) is 11.3 Å². The van der Waals surface area contributed by atoms with E-state index < -0.39 is 28.4 Å². The van der Waals surface area contributed by atoms with Crippen molar-refractivity contribution >= 4 is 16.3 Å². The Labute approximate surface area is 190 Å². The molecule has 2 atom stereocenters. The quantitative estimate of drug-likeness (QED) is 0.686. The third-order valence-corrected chi connectivity index (χ3v) is 6.99. The van der Waals surface area contributed by atoms with Crippen LogP contribution in [0.15, 0.2) is 48.5 Å². The lowest BCUT2D eigenvalue weighted by atomic mass is 9.93. The van der Waals surface area contributed by atoms with Crippen LogP contribution in [-0.4, -0.2) is 67.5 Å². The number of benzene rings is 1. The van der Waals surface area contributed by atoms with Crippen molar-refractivity contribution in [2.24, 2.45) is 0 Å². The Bertz CT molecular complexity index is 1010. The number of amides is 1. The molecule has 1 saturated heterocycles. The summed E-state index contributed by atoms with van der Waals surface area (Å²) in [6.07, 6.45) is 1.03. The average molecular weight is 461 g/mol. The highest BCUT2D eigenvalue weighted by Crippen LogP contribution is 2.24. The first kappa shape index (κ1) is 24.2. The van der Waals surface area contributed by atoms with Gasteiger partial charge in [0.1, 0.15) is 0 Å². The molecule has 3 rings (SSSR count). The minimum Gasteiger partial charge on any atom is -0.447 e. The van der Waals surface area contributed by atoms with E-state index in [0.29, 0.717) is 25.8 Å². The number of rotatable bonds is 7. The van der Waals surface area contributed by atoms with Crippen LogP contribution in [0.3, 0.4) is 0 Å². The minimum atomic E-state index is -3.66. The van der Waals surface area contributed by atoms with Gasteiger partial charge in [-0.25, -0.2) is 4.79 Å². The highest BCUT2D eigenvalue weighted by atomic mass is 32.2. The Kier molecular flexibility index (Phi) is 7.86. The lowest BCUT2D eigenvalue weighted by Gasteiger charge is -2.41. The SMILES string of the molecule is CC(C)OC(=O)N1CCC[C@H](NS(=O)(=O)N(C)C)[C@@H]1Cc1cccc(-c2ccccc2)n1. The summed E-state index contributed by atoms with van der Waals surface area (Å²) in [6, 6.07) is 14.8. The van der Waals surface area contributed by atoms with Crippen molar-refractivity contribution in [1.82, 2.24) is 18.9 Å². The molecule has 2 heterocycles. The van der Waals surface area contributed by atoms with Crippen LogP contribution >= 0.6 is 0 Å². The smallest absolute Gasteiger partial charge is 0.410 e. The molecule has 1 aliphatic rings. The van der Waals surface area contributed by atoms with Crippen LogP contribution in [0.1, 0.15) is 32.4 Å². The second-order valence-electron chi connectivity index (χ2n) is 8.43. The number of pyridine rings is 1. The first-order valence-electron chi connectivity index (χ1n) is 10.9. The lowest BCUT2D eigenvalue weighted by molar-refractivity contribution is 0.0457. The van der Waals surface area contributed by atoms with Gasteiger partial charge < -0.3 is 9.64 Å². The molecule has 2 aromatic rings. The van der Waals surface area contributed by atoms with Gasteiger partial charge in [0.15, 0.2) is 0 Å². The zero-order valence-electron chi connectivity index (χ0n) is 19.1. The summed E-state index contributed by atoms with van der Waals surface area (Å²) < 4.78 is 34.5. The minimum absolute atomic E-state index is 0.262. The molecule has 8 nitrogen and oxygen atoms in total. The molecule has 1 N–H and O–H groups in total. The van der Waals surface area contributed by atoms with Crippen molar-refractivity contribution in [3.05, 3.63) is 54.2 Å². The van der Waals surface area contributed by atoms with Gasteiger partial charge >= 0.3 is 6.09 Å². The van der Waals surface area contributed by atoms with Crippen molar-refractivity contribution in [2.75, 3.05) is 20.6 Å². The second kappa shape index (κ2) is 10.4. The fourth-order valence-corrected chi connectivity index (χ4v) is 4.69. The van der Waals surface area contributed by atoms with Gasteiger partial charge in [0.2, 0.25) is 0 Å². The normalized spacial score (nSPS) is 19.4. The molecule has 0 unspecified atom stereocenters. The van der Waals surface area contributed by atoms with Crippen molar-refractivity contribution in [3.8, 4) is 11.3 Å². The molecular formula is C23H32N4O4S. The highest BCUT2D eigenvalue weighted by Gasteiger charge is 2.38. The van der Waals surface area contributed by atoms with Crippen LogP contribution in [0.2, 0.25) is 0 Å². The third kappa shape index (κ3) is 6.05. The molecule has 0 radical (unpaired) electrons. The zero-order valence-corrected chi connectivity index (χ0v) is 19.9. The van der Waals surface area contributed by atoms with Gasteiger partial charge in [-0.15, -0.1) is 0 Å². The fraction of sp³-hybridized carbons (Fsp3) is 0.478. The van der Waals surface area contributed by atoms with Gasteiger partial charge in [0.25, 0.3) is 10.2 Å². The van der Waals surface area contributed by atoms with E-state index in [1.165, 1.54) is 14.1 Å². The summed E-state index contributed by atoms with van der Waals surface area (Å²) in [5, 5.41) is 0. The third-order valence-electron chi connectivity index (χ3n) is 5.43. The van der Waals surface area contributed by atoms with Crippen molar-refractivity contribution < 1.29 is 17.9 Å². The summed E-state index contributed by atoms with van der Waals surface area (Å²) in [5.41, 5.74) is 2.62. The van der Waals surface area contributed by atoms with Crippen molar-refractivity contribution in [1.29, 1.82) is 0 Å². The molecule has 32 heavy (non-hydrogen) atoms. The van der Waals surface area contributed by atoms with Gasteiger partial charge in [0, 0.05) is 44.4 Å². The summed E-state index contributed by atoms with van der Waals surface area (Å²) in [6.45, 7) is 4.11. The number of ether oxygens (including phenoxy) is 1. The molecule has 0 saturated carbocycles. The highest BCUT2D eigenvalue weighted by molar-refractivity contribution is 7.87. The van der Waals surface area contributed by atoms with E-state index in [4.69, 9.17) is 9.72 Å². The predicted octanol–water partition coefficient (Wildman–Crippen LogP) is 3.07. The molecular weight excluding hydrogens is 428 g/mol. The molecule has 0 spiro atoms. The number of carbonyl (C=O) groups is 1. The van der Waals surface area contributed by atoms with Crippen LogP contribution in [0.4, 0.5) is 4.79 Å². The molecule has 1 aromatic carbocycles. The molecule has 174 valence electrons. The Morgan fingerprint density at radius 3 is 2.56 bits per heavy atom. The topological polar surface area (TPSA) is 91.8 Å². The van der Waals surface area contributed by atoms with Gasteiger partial charge in [-0.05, 0) is 38.8 Å². The molecule has 9 heteroatoms. The van der Waals surface area contributed by atoms with Gasteiger partial charge in [-0.3, -0.25) is 4.98 Å². The van der Waals surface area contributed by atoms with E-state index in [1.807, 2.05) is 48.5 Å². The maximum absolute atomic E-state index is 12.8. The van der Waals surface area contributed by atoms with Crippen molar-refractivity contribution in [3.63, 3.8) is 0 Å². The number of carbonyl (C=O) groups excluding carboxylic acids is 1. The lowest BCUT2D eigenvalue weighted by Crippen LogP contribution is -2.59. The Morgan fingerprint density at radius 2 is 1.91 bits per heavy atom. The average Bonchev–Trinajstić information content (AvgIpc) is 2.75. The molecule has 1 aromatic heterocycles. The van der Waals surface area contributed by atoms with E-state index in [-0.39, 0.29) is 6.10 Å². The number of hydrogen-bond acceptors (Lipinski definition) is 5. The number of likely N-dealkylation sites (tertiary alicyclic amines) is 1. The van der Waals surface area contributed by atoms with Crippen LogP contribution in [0.5, 0.6) is 0 Å². The maximum atomic E-state index is 12.8. The van der Waals surface area contributed by atoms with Crippen molar-refractivity contribution in [2.45, 2.75) is 51.3 Å². The summed E-state index contributed by atoms with van der Waals surface area (Å²) >= 11 is 0. The Hall–Kier alpha value is -2.49. The van der Waals surface area contributed by atoms with Gasteiger partial charge in [-0.2, -0.15) is 17.4 Å². The molecule has 0 aliphatic carbocycles. The molecule has 0 bridgehead atoms. The largest absolute Gasteiger partial charge is 0.447 e. The Morgan fingerprint density at radius 1 is 1.19 bits per heavy atom. The number of aromatic nitrogens is 1. The van der Waals surface area contributed by atoms with E-state index in [1.54, 1.807) is 18.7 Å². The second-order valence-corrected chi connectivity index (χ2v) is 10.3. The number of piperidine rings is 1. The Balaban J connectivity index is 1.91. The van der Waals surface area contributed by atoms with Crippen LogP contribution < -0.4 is 4.72 Å². The summed E-state index contributed by atoms with van der Waals surface area (Å²) in [5.74, 6) is 0. The van der Waals surface area contributed by atoms with E-state index in [2.05, 4.69) is 4.72 Å². The fourth-order valence-electron chi connectivity index (χ4n) is 3.82. The first-order valence-corrected chi connectivity index (χ1v) is 12.3. The number of hydrogen-bond donors (Lipinski definition) is 1. The van der Waals surface area contributed by atoms with E-state index in [9.17, 15) is 13.2 Å². The monoisotopic (exact) mass is 460 g/mol. The maximum Gasteiger partial charge on any atom is 0.410 e. The van der Waals surface area contributed by atoms with Crippen LogP contribution in [-0.2, 0) is 21.4 Å².